The maximum atomic E-state index is 12.7. The number of para-hydroxylation sites is 2. The first kappa shape index (κ1) is 19.8. The number of benzene rings is 2. The second kappa shape index (κ2) is 8.80. The molecule has 1 N–H and O–H groups in total. The topological polar surface area (TPSA) is 65.6 Å². The summed E-state index contributed by atoms with van der Waals surface area (Å²) in [5.41, 5.74) is 2.61. The summed E-state index contributed by atoms with van der Waals surface area (Å²) < 4.78 is 14.4. The Balaban J connectivity index is 1.74. The molecule has 0 bridgehead atoms. The highest BCUT2D eigenvalue weighted by Gasteiger charge is 2.16. The van der Waals surface area contributed by atoms with Crippen LogP contribution in [0.25, 0.3) is 11.0 Å². The van der Waals surface area contributed by atoms with Crippen LogP contribution >= 0.6 is 0 Å². The van der Waals surface area contributed by atoms with Crippen LogP contribution in [0.4, 0.5) is 0 Å². The van der Waals surface area contributed by atoms with Gasteiger partial charge >= 0.3 is 5.69 Å². The summed E-state index contributed by atoms with van der Waals surface area (Å²) in [7, 11) is 1.58. The van der Waals surface area contributed by atoms with Crippen LogP contribution in [-0.4, -0.2) is 34.1 Å². The van der Waals surface area contributed by atoms with E-state index >= 15 is 0 Å². The number of rotatable bonds is 9. The predicted molar refractivity (Wildman–Crippen MR) is 110 cm³/mol. The van der Waals surface area contributed by atoms with Crippen molar-refractivity contribution in [3.05, 3.63) is 71.2 Å². The van der Waals surface area contributed by atoms with Gasteiger partial charge in [-0.05, 0) is 43.2 Å². The summed E-state index contributed by atoms with van der Waals surface area (Å²) >= 11 is 0. The van der Waals surface area contributed by atoms with Crippen molar-refractivity contribution in [2.45, 2.75) is 32.5 Å². The Morgan fingerprint density at radius 3 is 2.50 bits per heavy atom. The molecule has 0 amide bonds. The Bertz CT molecular complexity index is 1020. The van der Waals surface area contributed by atoms with Crippen LogP contribution in [0.1, 0.15) is 12.5 Å². The van der Waals surface area contributed by atoms with Gasteiger partial charge < -0.3 is 14.6 Å². The van der Waals surface area contributed by atoms with Crippen molar-refractivity contribution in [2.75, 3.05) is 13.7 Å². The van der Waals surface area contributed by atoms with Crippen LogP contribution in [-0.2, 0) is 19.5 Å². The van der Waals surface area contributed by atoms with E-state index in [1.807, 2.05) is 55.5 Å². The van der Waals surface area contributed by atoms with E-state index in [-0.39, 0.29) is 18.8 Å². The van der Waals surface area contributed by atoms with Crippen molar-refractivity contribution in [1.29, 1.82) is 0 Å². The fourth-order valence-electron chi connectivity index (χ4n) is 3.33. The Morgan fingerprint density at radius 1 is 1.14 bits per heavy atom. The minimum atomic E-state index is -0.841. The van der Waals surface area contributed by atoms with E-state index in [1.54, 1.807) is 16.2 Å². The second-order valence-corrected chi connectivity index (χ2v) is 6.57. The number of nitrogens with zero attached hydrogens (tertiary/aromatic N) is 2. The molecule has 3 rings (SSSR count). The molecule has 0 radical (unpaired) electrons. The minimum absolute atomic E-state index is 0.0508. The van der Waals surface area contributed by atoms with Gasteiger partial charge in [-0.1, -0.05) is 24.3 Å². The zero-order valence-corrected chi connectivity index (χ0v) is 16.3. The molecule has 0 aliphatic rings. The highest BCUT2D eigenvalue weighted by Crippen LogP contribution is 2.28. The molecule has 0 aliphatic carbocycles. The molecule has 28 heavy (non-hydrogen) atoms. The summed E-state index contributed by atoms with van der Waals surface area (Å²) in [5.74, 6) is 1.16. The number of ether oxygens (including phenoxy) is 2. The molecule has 0 aliphatic heterocycles. The van der Waals surface area contributed by atoms with Gasteiger partial charge in [-0.3, -0.25) is 9.13 Å². The maximum absolute atomic E-state index is 12.7. The first-order chi connectivity index (χ1) is 13.6. The zero-order chi connectivity index (χ0) is 20.1. The number of fused-ring (bicyclic) bond motifs is 1. The molecule has 6 nitrogen and oxygen atoms in total. The maximum Gasteiger partial charge on any atom is 0.329 e. The van der Waals surface area contributed by atoms with Gasteiger partial charge in [0.25, 0.3) is 0 Å². The molecular formula is C22H26N2O4. The number of imidazole rings is 1. The predicted octanol–water partition coefficient (Wildman–Crippen LogP) is 3.00. The highest BCUT2D eigenvalue weighted by atomic mass is 16.5. The normalized spacial score (nSPS) is 12.1. The Hall–Kier alpha value is -2.99. The fourth-order valence-corrected chi connectivity index (χ4v) is 3.33. The standard InChI is InChI=1S/C22H26N2O4/c1-4-8-16-11-12-20(21(13-16)27-3)28-15-17(25)14-24-19-10-7-6-9-18(19)23(5-2)22(24)26/h4,6-7,9-13,17,25H,1,5,8,14-15H2,2-3H3. The van der Waals surface area contributed by atoms with Crippen molar-refractivity contribution < 1.29 is 14.6 Å². The lowest BCUT2D eigenvalue weighted by atomic mass is 10.1. The summed E-state index contributed by atoms with van der Waals surface area (Å²) in [6.45, 7) is 6.45. The van der Waals surface area contributed by atoms with Crippen LogP contribution in [0.5, 0.6) is 11.5 Å². The molecule has 148 valence electrons. The monoisotopic (exact) mass is 382 g/mol. The van der Waals surface area contributed by atoms with E-state index in [1.165, 1.54) is 0 Å². The van der Waals surface area contributed by atoms with E-state index in [0.29, 0.717) is 18.0 Å². The Labute approximate surface area is 164 Å². The molecule has 6 heteroatoms. The van der Waals surface area contributed by atoms with E-state index in [0.717, 1.165) is 23.0 Å². The van der Waals surface area contributed by atoms with Crippen molar-refractivity contribution in [3.8, 4) is 11.5 Å². The SMILES string of the molecule is C=CCc1ccc(OCC(O)Cn2c(=O)n(CC)c3ccccc32)c(OC)c1. The van der Waals surface area contributed by atoms with Gasteiger partial charge in [0.05, 0.1) is 24.7 Å². The van der Waals surface area contributed by atoms with Gasteiger partial charge in [-0.2, -0.15) is 0 Å². The van der Waals surface area contributed by atoms with Crippen molar-refractivity contribution in [1.82, 2.24) is 9.13 Å². The first-order valence-electron chi connectivity index (χ1n) is 9.35. The molecule has 1 aromatic heterocycles. The van der Waals surface area contributed by atoms with E-state index in [2.05, 4.69) is 6.58 Å². The van der Waals surface area contributed by atoms with Crippen LogP contribution in [0, 0.1) is 0 Å². The number of aliphatic hydroxyl groups excluding tert-OH is 1. The largest absolute Gasteiger partial charge is 0.493 e. The summed E-state index contributed by atoms with van der Waals surface area (Å²) in [4.78, 5) is 12.7. The van der Waals surface area contributed by atoms with Gasteiger partial charge in [-0.25, -0.2) is 4.79 Å². The van der Waals surface area contributed by atoms with Crippen LogP contribution < -0.4 is 15.2 Å². The molecule has 0 saturated heterocycles. The smallest absolute Gasteiger partial charge is 0.329 e. The minimum Gasteiger partial charge on any atom is -0.493 e. The molecule has 0 fully saturated rings. The van der Waals surface area contributed by atoms with Crippen molar-refractivity contribution in [2.24, 2.45) is 0 Å². The molecule has 2 aromatic carbocycles. The quantitative estimate of drug-likeness (QED) is 0.578. The van der Waals surface area contributed by atoms with Gasteiger partial charge in [0, 0.05) is 6.54 Å². The third-order valence-corrected chi connectivity index (χ3v) is 4.67. The second-order valence-electron chi connectivity index (χ2n) is 6.57. The zero-order valence-electron chi connectivity index (χ0n) is 16.3. The van der Waals surface area contributed by atoms with Crippen LogP contribution in [0.2, 0.25) is 0 Å². The number of methoxy groups -OCH3 is 1. The molecular weight excluding hydrogens is 356 g/mol. The average molecular weight is 382 g/mol. The van der Waals surface area contributed by atoms with Crippen LogP contribution in [0.15, 0.2) is 59.9 Å². The van der Waals surface area contributed by atoms with Gasteiger partial charge in [-0.15, -0.1) is 6.58 Å². The molecule has 0 spiro atoms. The lowest BCUT2D eigenvalue weighted by Gasteiger charge is -2.15. The molecule has 1 heterocycles. The molecule has 1 unspecified atom stereocenters. The lowest BCUT2D eigenvalue weighted by Crippen LogP contribution is -2.31. The number of hydrogen-bond acceptors (Lipinski definition) is 4. The molecule has 3 aromatic rings. The third-order valence-electron chi connectivity index (χ3n) is 4.67. The average Bonchev–Trinajstić information content (AvgIpc) is 2.98. The third kappa shape index (κ3) is 3.97. The van der Waals surface area contributed by atoms with Gasteiger partial charge in [0.2, 0.25) is 0 Å². The highest BCUT2D eigenvalue weighted by molar-refractivity contribution is 5.75. The lowest BCUT2D eigenvalue weighted by molar-refractivity contribution is 0.0909. The molecule has 1 atom stereocenters. The summed E-state index contributed by atoms with van der Waals surface area (Å²) in [6, 6.07) is 13.2. The number of allylic oxidation sites excluding steroid dienone is 1. The fraction of sp³-hybridized carbons (Fsp3) is 0.318. The first-order valence-corrected chi connectivity index (χ1v) is 9.35. The number of hydrogen-bond donors (Lipinski definition) is 1. The van der Waals surface area contributed by atoms with E-state index in [9.17, 15) is 9.90 Å². The van der Waals surface area contributed by atoms with E-state index < -0.39 is 6.10 Å². The summed E-state index contributed by atoms with van der Waals surface area (Å²) in [5, 5.41) is 10.5. The van der Waals surface area contributed by atoms with E-state index in [4.69, 9.17) is 9.47 Å². The number of aliphatic hydroxyl groups is 1. The van der Waals surface area contributed by atoms with Crippen molar-refractivity contribution in [3.63, 3.8) is 0 Å². The Morgan fingerprint density at radius 2 is 1.86 bits per heavy atom. The number of aromatic nitrogens is 2. The van der Waals surface area contributed by atoms with Gasteiger partial charge in [0.15, 0.2) is 11.5 Å². The summed E-state index contributed by atoms with van der Waals surface area (Å²) in [6.07, 6.45) is 1.72. The number of aryl methyl sites for hydroxylation is 1. The molecule has 0 saturated carbocycles. The van der Waals surface area contributed by atoms with Gasteiger partial charge in [0.1, 0.15) is 12.7 Å². The van der Waals surface area contributed by atoms with Crippen molar-refractivity contribution >= 4 is 11.0 Å². The van der Waals surface area contributed by atoms with Crippen LogP contribution in [0.3, 0.4) is 0 Å². The Kier molecular flexibility index (Phi) is 6.21.